The zero-order chi connectivity index (χ0) is 30.6. The molecule has 0 bridgehead atoms. The van der Waals surface area contributed by atoms with Crippen molar-refractivity contribution in [2.75, 3.05) is 50.6 Å². The summed E-state index contributed by atoms with van der Waals surface area (Å²) in [5, 5.41) is 4.15. The average Bonchev–Trinajstić information content (AvgIpc) is 3.26. The molecule has 3 N–H and O–H groups in total. The van der Waals surface area contributed by atoms with E-state index in [4.69, 9.17) is 43.1 Å². The fourth-order valence-corrected chi connectivity index (χ4v) is 5.80. The molecule has 230 valence electrons. The number of benzene rings is 3. The molecule has 8 nitrogen and oxygen atoms in total. The zero-order valence-electron chi connectivity index (χ0n) is 23.9. The normalized spacial score (nSPS) is 13.7. The molecule has 3 aromatic carbocycles. The molecule has 0 unspecified atom stereocenters. The van der Waals surface area contributed by atoms with E-state index in [2.05, 4.69) is 26.1 Å². The molecule has 3 aromatic rings. The standard InChI is InChI=1S/C32H36BrCl2N3O5/c33-25-19-23(18-24(30(25)36)21-38-12-5-1-2-6-13-38)32(40)43-17-15-41-14-16-42-29(39)20-22-8-3-4-11-28(22)37-31-26(34)9-7-10-27(31)35/h3-4,7-11,18-19,37H,1-2,5-6,12-17,20-21,36H2. The first-order chi connectivity index (χ1) is 20.8. The van der Waals surface area contributed by atoms with E-state index in [0.29, 0.717) is 43.7 Å². The minimum absolute atomic E-state index is 0.0553. The largest absolute Gasteiger partial charge is 0.463 e. The maximum absolute atomic E-state index is 12.7. The van der Waals surface area contributed by atoms with Gasteiger partial charge in [-0.25, -0.2) is 4.79 Å². The van der Waals surface area contributed by atoms with Gasteiger partial charge in [-0.1, -0.05) is 60.3 Å². The second kappa shape index (κ2) is 16.9. The fourth-order valence-electron chi connectivity index (χ4n) is 4.81. The van der Waals surface area contributed by atoms with E-state index in [0.717, 1.165) is 24.2 Å². The lowest BCUT2D eigenvalue weighted by Gasteiger charge is -2.21. The van der Waals surface area contributed by atoms with E-state index in [-0.39, 0.29) is 32.8 Å². The Labute approximate surface area is 270 Å². The molecule has 0 spiro atoms. The van der Waals surface area contributed by atoms with Gasteiger partial charge in [0.05, 0.1) is 46.6 Å². The van der Waals surface area contributed by atoms with E-state index in [1.165, 1.54) is 25.7 Å². The Balaban J connectivity index is 1.17. The zero-order valence-corrected chi connectivity index (χ0v) is 27.0. The number of esters is 2. The smallest absolute Gasteiger partial charge is 0.338 e. The minimum atomic E-state index is -0.446. The van der Waals surface area contributed by atoms with E-state index >= 15 is 0 Å². The number of hydrogen-bond acceptors (Lipinski definition) is 8. The Kier molecular flexibility index (Phi) is 13.0. The summed E-state index contributed by atoms with van der Waals surface area (Å²) in [5.41, 5.74) is 10.3. The summed E-state index contributed by atoms with van der Waals surface area (Å²) in [4.78, 5) is 27.5. The van der Waals surface area contributed by atoms with Gasteiger partial charge in [-0.2, -0.15) is 0 Å². The maximum Gasteiger partial charge on any atom is 0.338 e. The van der Waals surface area contributed by atoms with Crippen molar-refractivity contribution in [1.82, 2.24) is 4.90 Å². The molecule has 1 saturated heterocycles. The van der Waals surface area contributed by atoms with E-state index in [1.54, 1.807) is 24.3 Å². The van der Waals surface area contributed by atoms with Gasteiger partial charge in [-0.15, -0.1) is 0 Å². The molecule has 0 aliphatic carbocycles. The predicted octanol–water partition coefficient (Wildman–Crippen LogP) is 7.42. The third-order valence-corrected chi connectivity index (χ3v) is 8.36. The molecule has 0 radical (unpaired) electrons. The number of hydrogen-bond donors (Lipinski definition) is 2. The van der Waals surface area contributed by atoms with E-state index < -0.39 is 11.9 Å². The van der Waals surface area contributed by atoms with Crippen LogP contribution < -0.4 is 11.1 Å². The number of ether oxygens (including phenoxy) is 3. The summed E-state index contributed by atoms with van der Waals surface area (Å²) in [6.07, 6.45) is 4.90. The molecule has 0 saturated carbocycles. The number of rotatable bonds is 13. The minimum Gasteiger partial charge on any atom is -0.463 e. The lowest BCUT2D eigenvalue weighted by atomic mass is 10.1. The SMILES string of the molecule is Nc1c(Br)cc(C(=O)OCCOCCOC(=O)Cc2ccccc2Nc2c(Cl)cccc2Cl)cc1CN1CCCCCC1. The molecule has 1 aliphatic heterocycles. The van der Waals surface area contributed by atoms with Crippen molar-refractivity contribution in [3.63, 3.8) is 0 Å². The Morgan fingerprint density at radius 2 is 1.53 bits per heavy atom. The van der Waals surface area contributed by atoms with Crippen molar-refractivity contribution in [3.05, 3.63) is 85.8 Å². The van der Waals surface area contributed by atoms with Crippen LogP contribution in [0.1, 0.15) is 47.2 Å². The van der Waals surface area contributed by atoms with Crippen LogP contribution >= 0.6 is 39.1 Å². The molecule has 0 amide bonds. The molecular formula is C32H36BrCl2N3O5. The number of para-hydroxylation sites is 2. The van der Waals surface area contributed by atoms with Gasteiger partial charge in [-0.05, 0) is 83.3 Å². The summed E-state index contributed by atoms with van der Waals surface area (Å²) in [6, 6.07) is 16.1. The summed E-state index contributed by atoms with van der Waals surface area (Å²) in [5.74, 6) is -0.849. The highest BCUT2D eigenvalue weighted by atomic mass is 79.9. The summed E-state index contributed by atoms with van der Waals surface area (Å²) < 4.78 is 16.9. The number of carbonyl (C=O) groups excluding carboxylic acids is 2. The van der Waals surface area contributed by atoms with Crippen molar-refractivity contribution in [3.8, 4) is 0 Å². The van der Waals surface area contributed by atoms with Crippen molar-refractivity contribution in [2.45, 2.75) is 38.6 Å². The lowest BCUT2D eigenvalue weighted by molar-refractivity contribution is -0.144. The van der Waals surface area contributed by atoms with E-state index in [1.807, 2.05) is 30.3 Å². The van der Waals surface area contributed by atoms with E-state index in [9.17, 15) is 9.59 Å². The van der Waals surface area contributed by atoms with Gasteiger partial charge in [0.2, 0.25) is 0 Å². The Hall–Kier alpha value is -2.82. The first kappa shape index (κ1) is 33.1. The number of nitrogen functional groups attached to an aromatic ring is 1. The summed E-state index contributed by atoms with van der Waals surface area (Å²) in [6.45, 7) is 3.25. The summed E-state index contributed by atoms with van der Waals surface area (Å²) in [7, 11) is 0. The molecule has 0 atom stereocenters. The monoisotopic (exact) mass is 691 g/mol. The lowest BCUT2D eigenvalue weighted by Crippen LogP contribution is -2.25. The van der Waals surface area contributed by atoms with Crippen LogP contribution in [-0.4, -0.2) is 56.4 Å². The van der Waals surface area contributed by atoms with Crippen molar-refractivity contribution >= 4 is 68.1 Å². The van der Waals surface area contributed by atoms with Gasteiger partial charge in [0.25, 0.3) is 0 Å². The van der Waals surface area contributed by atoms with Gasteiger partial charge < -0.3 is 25.3 Å². The van der Waals surface area contributed by atoms with Crippen LogP contribution in [0, 0.1) is 0 Å². The fraction of sp³-hybridized carbons (Fsp3) is 0.375. The van der Waals surface area contributed by atoms with Crippen LogP contribution in [-0.2, 0) is 32.0 Å². The third kappa shape index (κ3) is 10.1. The number of carbonyl (C=O) groups is 2. The van der Waals surface area contributed by atoms with Crippen molar-refractivity contribution < 1.29 is 23.8 Å². The second-order valence-electron chi connectivity index (χ2n) is 10.2. The average molecular weight is 693 g/mol. The van der Waals surface area contributed by atoms with Gasteiger partial charge >= 0.3 is 11.9 Å². The Bertz CT molecular complexity index is 1380. The van der Waals surface area contributed by atoms with Gasteiger partial charge in [0, 0.05) is 16.7 Å². The van der Waals surface area contributed by atoms with Crippen molar-refractivity contribution in [1.29, 1.82) is 0 Å². The predicted molar refractivity (Wildman–Crippen MR) is 174 cm³/mol. The molecule has 0 aromatic heterocycles. The highest BCUT2D eigenvalue weighted by Gasteiger charge is 2.17. The van der Waals surface area contributed by atoms with Gasteiger partial charge in [0.15, 0.2) is 0 Å². The third-order valence-electron chi connectivity index (χ3n) is 7.07. The topological polar surface area (TPSA) is 103 Å². The maximum atomic E-state index is 12.7. The molecule has 11 heteroatoms. The first-order valence-electron chi connectivity index (χ1n) is 14.3. The molecule has 43 heavy (non-hydrogen) atoms. The number of nitrogens with zero attached hydrogens (tertiary/aromatic N) is 1. The quantitative estimate of drug-likeness (QED) is 0.108. The number of likely N-dealkylation sites (tertiary alicyclic amines) is 1. The Morgan fingerprint density at radius 1 is 0.860 bits per heavy atom. The summed E-state index contributed by atoms with van der Waals surface area (Å²) >= 11 is 16.0. The first-order valence-corrected chi connectivity index (χ1v) is 15.9. The van der Waals surface area contributed by atoms with Crippen LogP contribution in [0.25, 0.3) is 0 Å². The van der Waals surface area contributed by atoms with Gasteiger partial charge in [-0.3, -0.25) is 9.69 Å². The molecule has 1 fully saturated rings. The van der Waals surface area contributed by atoms with Crippen LogP contribution in [0.4, 0.5) is 17.1 Å². The van der Waals surface area contributed by atoms with Gasteiger partial charge in [0.1, 0.15) is 13.2 Å². The highest BCUT2D eigenvalue weighted by molar-refractivity contribution is 9.10. The number of halogens is 3. The van der Waals surface area contributed by atoms with Crippen LogP contribution in [0.2, 0.25) is 10.0 Å². The molecule has 4 rings (SSSR count). The second-order valence-corrected chi connectivity index (χ2v) is 11.9. The number of nitrogens with one attached hydrogen (secondary N) is 1. The Morgan fingerprint density at radius 3 is 2.26 bits per heavy atom. The molecule has 1 aliphatic rings. The molecule has 1 heterocycles. The van der Waals surface area contributed by atoms with Crippen LogP contribution in [0.15, 0.2) is 59.1 Å². The highest BCUT2D eigenvalue weighted by Crippen LogP contribution is 2.34. The van der Waals surface area contributed by atoms with Crippen LogP contribution in [0.3, 0.4) is 0 Å². The van der Waals surface area contributed by atoms with Crippen LogP contribution in [0.5, 0.6) is 0 Å². The number of anilines is 3. The number of nitrogens with two attached hydrogens (primary N) is 1. The molecular weight excluding hydrogens is 657 g/mol. The van der Waals surface area contributed by atoms with Crippen molar-refractivity contribution in [2.24, 2.45) is 0 Å².